The van der Waals surface area contributed by atoms with E-state index in [0.717, 1.165) is 6.54 Å². The predicted octanol–water partition coefficient (Wildman–Crippen LogP) is 0.968. The molecule has 1 aromatic rings. The van der Waals surface area contributed by atoms with Crippen molar-refractivity contribution >= 4 is 6.47 Å². The van der Waals surface area contributed by atoms with Crippen molar-refractivity contribution in [3.05, 3.63) is 34.9 Å². The quantitative estimate of drug-likeness (QED) is 0.374. The summed E-state index contributed by atoms with van der Waals surface area (Å²) in [4.78, 5) is 8.36. The molecule has 1 rings (SSSR count). The van der Waals surface area contributed by atoms with Crippen LogP contribution in [0, 0.1) is 13.8 Å². The summed E-state index contributed by atoms with van der Waals surface area (Å²) in [6.45, 7) is 4.70. The van der Waals surface area contributed by atoms with Crippen LogP contribution < -0.4 is 11.3 Å². The summed E-state index contributed by atoms with van der Waals surface area (Å²) in [5.74, 6) is 5.20. The normalized spacial score (nSPS) is 8.79. The van der Waals surface area contributed by atoms with Crippen LogP contribution >= 0.6 is 0 Å². The van der Waals surface area contributed by atoms with Crippen molar-refractivity contribution < 1.29 is 9.90 Å². The highest BCUT2D eigenvalue weighted by Gasteiger charge is 1.93. The first-order chi connectivity index (χ1) is 6.65. The molecule has 78 valence electrons. The summed E-state index contributed by atoms with van der Waals surface area (Å²) in [5, 5.41) is 6.89. The number of hydrogen-bond acceptors (Lipinski definition) is 3. The third-order valence-corrected chi connectivity index (χ3v) is 1.88. The molecule has 4 nitrogen and oxygen atoms in total. The van der Waals surface area contributed by atoms with Crippen LogP contribution in [0.5, 0.6) is 0 Å². The molecular weight excluding hydrogens is 180 g/mol. The smallest absolute Gasteiger partial charge is 0.290 e. The molecule has 0 radical (unpaired) electrons. The number of rotatable bonds is 2. The van der Waals surface area contributed by atoms with Gasteiger partial charge in [0.15, 0.2) is 0 Å². The molecule has 0 aliphatic heterocycles. The molecule has 4 N–H and O–H groups in total. The Hall–Kier alpha value is -1.39. The lowest BCUT2D eigenvalue weighted by Crippen LogP contribution is -2.20. The number of hydrogen-bond donors (Lipinski definition) is 3. The highest BCUT2D eigenvalue weighted by Crippen LogP contribution is 2.08. The van der Waals surface area contributed by atoms with E-state index >= 15 is 0 Å². The maximum atomic E-state index is 8.36. The lowest BCUT2D eigenvalue weighted by Gasteiger charge is -2.03. The molecule has 1 aromatic carbocycles. The molecule has 0 heterocycles. The molecule has 0 saturated carbocycles. The van der Waals surface area contributed by atoms with Crippen molar-refractivity contribution in [1.29, 1.82) is 0 Å². The van der Waals surface area contributed by atoms with Crippen molar-refractivity contribution in [2.45, 2.75) is 20.4 Å². The maximum Gasteiger partial charge on any atom is 0.290 e. The van der Waals surface area contributed by atoms with Crippen molar-refractivity contribution in [2.24, 2.45) is 5.84 Å². The van der Waals surface area contributed by atoms with Gasteiger partial charge in [0.05, 0.1) is 0 Å². The summed E-state index contributed by atoms with van der Waals surface area (Å²) in [6, 6.07) is 6.35. The second-order valence-corrected chi connectivity index (χ2v) is 2.90. The van der Waals surface area contributed by atoms with Gasteiger partial charge >= 0.3 is 0 Å². The molecule has 0 atom stereocenters. The minimum Gasteiger partial charge on any atom is -0.483 e. The second-order valence-electron chi connectivity index (χ2n) is 2.90. The van der Waals surface area contributed by atoms with Gasteiger partial charge in [-0.3, -0.25) is 16.1 Å². The zero-order valence-electron chi connectivity index (χ0n) is 8.45. The van der Waals surface area contributed by atoms with Gasteiger partial charge in [-0.1, -0.05) is 18.2 Å². The number of hydrazine groups is 1. The Bertz CT molecular complexity index is 287. The number of nitrogens with two attached hydrogens (primary N) is 1. The summed E-state index contributed by atoms with van der Waals surface area (Å²) < 4.78 is 0. The van der Waals surface area contributed by atoms with Crippen LogP contribution in [0.25, 0.3) is 0 Å². The Balaban J connectivity index is 0.000000500. The van der Waals surface area contributed by atoms with Crippen LogP contribution in [0.2, 0.25) is 0 Å². The number of aryl methyl sites for hydroxylation is 2. The zero-order valence-corrected chi connectivity index (χ0v) is 8.45. The minimum atomic E-state index is -0.250. The van der Waals surface area contributed by atoms with E-state index in [1.54, 1.807) is 0 Å². The van der Waals surface area contributed by atoms with Gasteiger partial charge in [0.1, 0.15) is 0 Å². The lowest BCUT2D eigenvalue weighted by atomic mass is 10.1. The Morgan fingerprint density at radius 3 is 2.43 bits per heavy atom. The van der Waals surface area contributed by atoms with Crippen molar-refractivity contribution in [1.82, 2.24) is 5.43 Å². The molecule has 0 fully saturated rings. The number of nitrogens with one attached hydrogen (secondary N) is 1. The van der Waals surface area contributed by atoms with Crippen LogP contribution in [0.3, 0.4) is 0 Å². The fraction of sp³-hybridized carbons (Fsp3) is 0.300. The second kappa shape index (κ2) is 7.06. The van der Waals surface area contributed by atoms with Crippen LogP contribution in [0.15, 0.2) is 18.2 Å². The molecule has 0 bridgehead atoms. The first-order valence-corrected chi connectivity index (χ1v) is 4.23. The number of carboxylic acid groups (broad SMARTS) is 1. The third kappa shape index (κ3) is 4.59. The van der Waals surface area contributed by atoms with E-state index in [4.69, 9.17) is 15.7 Å². The van der Waals surface area contributed by atoms with E-state index in [2.05, 4.69) is 37.5 Å². The van der Waals surface area contributed by atoms with Crippen LogP contribution in [0.4, 0.5) is 0 Å². The van der Waals surface area contributed by atoms with Gasteiger partial charge in [0, 0.05) is 6.54 Å². The van der Waals surface area contributed by atoms with Gasteiger partial charge < -0.3 is 5.11 Å². The fourth-order valence-corrected chi connectivity index (χ4v) is 1.03. The summed E-state index contributed by atoms with van der Waals surface area (Å²) in [7, 11) is 0. The first-order valence-electron chi connectivity index (χ1n) is 4.23. The average Bonchev–Trinajstić information content (AvgIpc) is 2.13. The van der Waals surface area contributed by atoms with Crippen LogP contribution in [0.1, 0.15) is 16.7 Å². The maximum absolute atomic E-state index is 8.36. The van der Waals surface area contributed by atoms with Crippen molar-refractivity contribution in [2.75, 3.05) is 0 Å². The number of benzene rings is 1. The summed E-state index contributed by atoms with van der Waals surface area (Å²) in [6.07, 6.45) is 0. The van der Waals surface area contributed by atoms with Gasteiger partial charge in [-0.25, -0.2) is 0 Å². The lowest BCUT2D eigenvalue weighted by molar-refractivity contribution is -0.122. The van der Waals surface area contributed by atoms with E-state index in [1.807, 2.05) is 0 Å². The third-order valence-electron chi connectivity index (χ3n) is 1.88. The monoisotopic (exact) mass is 196 g/mol. The molecular formula is C10H16N2O2. The van der Waals surface area contributed by atoms with E-state index in [-0.39, 0.29) is 6.47 Å². The molecule has 0 aliphatic rings. The highest BCUT2D eigenvalue weighted by atomic mass is 16.3. The van der Waals surface area contributed by atoms with E-state index < -0.39 is 0 Å². The van der Waals surface area contributed by atoms with Gasteiger partial charge in [-0.05, 0) is 30.5 Å². The van der Waals surface area contributed by atoms with E-state index in [1.165, 1.54) is 16.7 Å². The van der Waals surface area contributed by atoms with Gasteiger partial charge in [0.25, 0.3) is 6.47 Å². The Morgan fingerprint density at radius 1 is 1.43 bits per heavy atom. The zero-order chi connectivity index (χ0) is 11.0. The van der Waals surface area contributed by atoms with Crippen LogP contribution in [-0.2, 0) is 11.3 Å². The molecule has 0 saturated heterocycles. The Labute approximate surface area is 83.7 Å². The molecule has 0 amide bonds. The summed E-state index contributed by atoms with van der Waals surface area (Å²) >= 11 is 0. The molecule has 0 spiro atoms. The SMILES string of the molecule is Cc1ccc(CNN)cc1C.O=CO. The highest BCUT2D eigenvalue weighted by molar-refractivity contribution is 5.32. The van der Waals surface area contributed by atoms with Gasteiger partial charge in [-0.15, -0.1) is 0 Å². The largest absolute Gasteiger partial charge is 0.483 e. The van der Waals surface area contributed by atoms with E-state index in [0.29, 0.717) is 0 Å². The van der Waals surface area contributed by atoms with Crippen molar-refractivity contribution in [3.8, 4) is 0 Å². The molecule has 0 aromatic heterocycles. The molecule has 0 aliphatic carbocycles. The Kier molecular flexibility index (Phi) is 6.36. The summed E-state index contributed by atoms with van der Waals surface area (Å²) in [5.41, 5.74) is 6.50. The van der Waals surface area contributed by atoms with Crippen LogP contribution in [-0.4, -0.2) is 11.6 Å². The van der Waals surface area contributed by atoms with Gasteiger partial charge in [0.2, 0.25) is 0 Å². The number of carbonyl (C=O) groups is 1. The molecule has 0 unspecified atom stereocenters. The Morgan fingerprint density at radius 2 is 2.00 bits per heavy atom. The predicted molar refractivity (Wildman–Crippen MR) is 55.6 cm³/mol. The fourth-order valence-electron chi connectivity index (χ4n) is 1.03. The minimum absolute atomic E-state index is 0.250. The average molecular weight is 196 g/mol. The van der Waals surface area contributed by atoms with E-state index in [9.17, 15) is 0 Å². The topological polar surface area (TPSA) is 75.3 Å². The van der Waals surface area contributed by atoms with Gasteiger partial charge in [-0.2, -0.15) is 0 Å². The molecule has 4 heteroatoms. The standard InChI is InChI=1S/C9H14N2.CH2O2/c1-7-3-4-9(6-11-10)5-8(7)2;2-1-3/h3-5,11H,6,10H2,1-2H3;1H,(H,2,3). The molecule has 14 heavy (non-hydrogen) atoms. The first kappa shape index (κ1) is 12.6. The van der Waals surface area contributed by atoms with Crippen molar-refractivity contribution in [3.63, 3.8) is 0 Å².